The van der Waals surface area contributed by atoms with Gasteiger partial charge in [-0.3, -0.25) is 14.8 Å². The summed E-state index contributed by atoms with van der Waals surface area (Å²) in [4.78, 5) is 28.6. The Bertz CT molecular complexity index is 1300. The Kier molecular flexibility index (Phi) is 11.2. The van der Waals surface area contributed by atoms with E-state index in [0.29, 0.717) is 11.8 Å². The zero-order valence-electron chi connectivity index (χ0n) is 24.8. The maximum atomic E-state index is 13.6. The highest BCUT2D eigenvalue weighted by Gasteiger charge is 2.38. The third-order valence-corrected chi connectivity index (χ3v) is 9.82. The molecule has 1 aliphatic rings. The minimum Gasteiger partial charge on any atom is -0.394 e. The Balaban J connectivity index is 1.85. The number of nitrogens with zero attached hydrogens (tertiary/aromatic N) is 1. The van der Waals surface area contributed by atoms with Crippen LogP contribution in [0.4, 0.5) is 5.69 Å². The van der Waals surface area contributed by atoms with Crippen LogP contribution in [0.25, 0.3) is 10.8 Å². The van der Waals surface area contributed by atoms with Crippen LogP contribution in [0.15, 0.2) is 41.3 Å². The summed E-state index contributed by atoms with van der Waals surface area (Å²) in [5, 5.41) is 26.7. The lowest BCUT2D eigenvalue weighted by Crippen LogP contribution is -2.52. The fourth-order valence-corrected chi connectivity index (χ4v) is 7.07. The van der Waals surface area contributed by atoms with Gasteiger partial charge in [-0.2, -0.15) is 0 Å². The van der Waals surface area contributed by atoms with Crippen molar-refractivity contribution in [2.24, 2.45) is 23.2 Å². The van der Waals surface area contributed by atoms with Gasteiger partial charge in [0, 0.05) is 37.1 Å². The fraction of sp³-hybridized carbons (Fsp3) is 0.600. The average molecular weight is 591 g/mol. The number of anilines is 1. The van der Waals surface area contributed by atoms with Gasteiger partial charge in [-0.15, -0.1) is 0 Å². The fourth-order valence-electron chi connectivity index (χ4n) is 5.73. The molecule has 3 rings (SSSR count). The number of sulfone groups is 1. The lowest BCUT2D eigenvalue weighted by Gasteiger charge is -2.33. The quantitative estimate of drug-likeness (QED) is 0.177. The summed E-state index contributed by atoms with van der Waals surface area (Å²) in [5.41, 5.74) is 2.15. The Morgan fingerprint density at radius 1 is 1.00 bits per heavy atom. The van der Waals surface area contributed by atoms with Crippen molar-refractivity contribution in [3.8, 4) is 0 Å². The van der Waals surface area contributed by atoms with Crippen LogP contribution in [0.3, 0.4) is 0 Å². The minimum atomic E-state index is -3.83. The van der Waals surface area contributed by atoms with Gasteiger partial charge in [-0.25, -0.2) is 13.9 Å². The van der Waals surface area contributed by atoms with Crippen LogP contribution in [0, 0.1) is 23.2 Å². The number of carbonyl (C=O) groups is 2. The Morgan fingerprint density at radius 2 is 1.63 bits per heavy atom. The highest BCUT2D eigenvalue weighted by molar-refractivity contribution is 7.91. The third kappa shape index (κ3) is 8.18. The van der Waals surface area contributed by atoms with Crippen molar-refractivity contribution in [3.63, 3.8) is 0 Å². The standard InChI is InChI=1S/C30H46N4O6S/c1-30(2,3)27(18-35)32-28(36)23(16-20-10-6-7-11-20)24(29(37)33-38)17-31-19-41(39,40)26-15-9-12-21-22(26)13-8-14-25(21)34(4)5/h8-9,12-15,20,23-24,27,31,35,38H,6-7,10-11,16-19H2,1-5H3,(H,32,36)(H,33,37)/t23?,24?,27-/m1/s1. The third-order valence-electron chi connectivity index (χ3n) is 8.21. The largest absolute Gasteiger partial charge is 0.394 e. The molecule has 1 aliphatic carbocycles. The molecule has 10 nitrogen and oxygen atoms in total. The van der Waals surface area contributed by atoms with Crippen molar-refractivity contribution in [2.45, 2.75) is 63.8 Å². The minimum absolute atomic E-state index is 0.135. The molecule has 2 aromatic carbocycles. The van der Waals surface area contributed by atoms with E-state index in [9.17, 15) is 28.3 Å². The second-order valence-corrected chi connectivity index (χ2v) is 14.4. The maximum Gasteiger partial charge on any atom is 0.248 e. The van der Waals surface area contributed by atoms with Crippen molar-refractivity contribution in [2.75, 3.05) is 38.0 Å². The van der Waals surface area contributed by atoms with Gasteiger partial charge in [0.05, 0.1) is 29.4 Å². The van der Waals surface area contributed by atoms with Crippen LogP contribution in [0.5, 0.6) is 0 Å². The average Bonchev–Trinajstić information content (AvgIpc) is 3.44. The number of aliphatic hydroxyl groups is 1. The summed E-state index contributed by atoms with van der Waals surface area (Å²) < 4.78 is 27.0. The number of benzene rings is 2. The molecule has 3 atom stereocenters. The second kappa shape index (κ2) is 14.0. The van der Waals surface area contributed by atoms with Gasteiger partial charge < -0.3 is 20.6 Å². The van der Waals surface area contributed by atoms with Gasteiger partial charge in [0.2, 0.25) is 11.8 Å². The molecule has 11 heteroatoms. The number of nitrogens with one attached hydrogen (secondary N) is 3. The molecule has 2 amide bonds. The molecule has 1 saturated carbocycles. The van der Waals surface area contributed by atoms with E-state index in [0.717, 1.165) is 36.8 Å². The predicted octanol–water partition coefficient (Wildman–Crippen LogP) is 3.07. The molecule has 0 saturated heterocycles. The molecule has 0 heterocycles. The first-order valence-electron chi connectivity index (χ1n) is 14.3. The smallest absolute Gasteiger partial charge is 0.248 e. The number of hydrogen-bond acceptors (Lipinski definition) is 8. The normalized spacial score (nSPS) is 16.8. The van der Waals surface area contributed by atoms with Gasteiger partial charge in [0.1, 0.15) is 5.88 Å². The van der Waals surface area contributed by atoms with Crippen molar-refractivity contribution in [1.29, 1.82) is 0 Å². The lowest BCUT2D eigenvalue weighted by molar-refractivity contribution is -0.141. The van der Waals surface area contributed by atoms with Crippen molar-refractivity contribution < 1.29 is 28.3 Å². The van der Waals surface area contributed by atoms with E-state index < -0.39 is 50.8 Å². The summed E-state index contributed by atoms with van der Waals surface area (Å²) in [6.45, 7) is 5.31. The summed E-state index contributed by atoms with van der Waals surface area (Å²) >= 11 is 0. The molecular formula is C30H46N4O6S. The van der Waals surface area contributed by atoms with E-state index in [4.69, 9.17) is 0 Å². The second-order valence-electron chi connectivity index (χ2n) is 12.4. The van der Waals surface area contributed by atoms with E-state index in [1.54, 1.807) is 23.7 Å². The SMILES string of the molecule is CN(C)c1cccc2c(S(=O)(=O)CNCC(C(=O)NO)C(CC3CCCC3)C(=O)N[C@H](CO)C(C)(C)C)cccc12. The first-order valence-corrected chi connectivity index (χ1v) is 15.9. The van der Waals surface area contributed by atoms with Crippen LogP contribution in [-0.2, 0) is 19.4 Å². The first kappa shape index (κ1) is 32.8. The van der Waals surface area contributed by atoms with Crippen LogP contribution in [-0.4, -0.2) is 69.7 Å². The number of hydroxylamine groups is 1. The number of rotatable bonds is 13. The van der Waals surface area contributed by atoms with Crippen molar-refractivity contribution in [1.82, 2.24) is 16.1 Å². The molecule has 0 bridgehead atoms. The molecule has 228 valence electrons. The molecular weight excluding hydrogens is 544 g/mol. The highest BCUT2D eigenvalue weighted by Crippen LogP contribution is 2.34. The van der Waals surface area contributed by atoms with Gasteiger partial charge in [-0.1, -0.05) is 70.7 Å². The number of hydrogen-bond donors (Lipinski definition) is 5. The first-order chi connectivity index (χ1) is 19.3. The summed E-state index contributed by atoms with van der Waals surface area (Å²) in [7, 11) is -0.0353. The highest BCUT2D eigenvalue weighted by atomic mass is 32.2. The van der Waals surface area contributed by atoms with Gasteiger partial charge in [-0.05, 0) is 29.9 Å². The number of aliphatic hydroxyl groups excluding tert-OH is 1. The summed E-state index contributed by atoms with van der Waals surface area (Å²) in [5.74, 6) is -3.21. The van der Waals surface area contributed by atoms with E-state index in [2.05, 4.69) is 10.6 Å². The topological polar surface area (TPSA) is 148 Å². The monoisotopic (exact) mass is 590 g/mol. The number of amides is 2. The van der Waals surface area contributed by atoms with E-state index in [1.165, 1.54) is 0 Å². The molecule has 0 aliphatic heterocycles. The molecule has 41 heavy (non-hydrogen) atoms. The molecule has 1 fully saturated rings. The van der Waals surface area contributed by atoms with E-state index in [-0.39, 0.29) is 24.0 Å². The Morgan fingerprint density at radius 3 is 2.22 bits per heavy atom. The molecule has 0 aromatic heterocycles. The molecule has 0 radical (unpaired) electrons. The lowest BCUT2D eigenvalue weighted by atomic mass is 9.81. The van der Waals surface area contributed by atoms with Crippen LogP contribution < -0.4 is 21.0 Å². The van der Waals surface area contributed by atoms with Crippen LogP contribution in [0.1, 0.15) is 52.9 Å². The van der Waals surface area contributed by atoms with Crippen molar-refractivity contribution >= 4 is 38.1 Å². The molecule has 0 spiro atoms. The predicted molar refractivity (Wildman–Crippen MR) is 160 cm³/mol. The number of carbonyl (C=O) groups excluding carboxylic acids is 2. The Labute approximate surface area is 243 Å². The van der Waals surface area contributed by atoms with Gasteiger partial charge in [0.25, 0.3) is 0 Å². The van der Waals surface area contributed by atoms with Crippen LogP contribution >= 0.6 is 0 Å². The zero-order chi connectivity index (χ0) is 30.4. The van der Waals surface area contributed by atoms with E-state index >= 15 is 0 Å². The zero-order valence-corrected chi connectivity index (χ0v) is 25.6. The summed E-state index contributed by atoms with van der Waals surface area (Å²) in [6.07, 6.45) is 4.41. The molecule has 2 aromatic rings. The van der Waals surface area contributed by atoms with E-state index in [1.807, 2.05) is 58.0 Å². The number of fused-ring (bicyclic) bond motifs is 1. The van der Waals surface area contributed by atoms with Gasteiger partial charge >= 0.3 is 0 Å². The Hall–Kier alpha value is -2.73. The summed E-state index contributed by atoms with van der Waals surface area (Å²) in [6, 6.07) is 10.1. The molecule has 2 unspecified atom stereocenters. The molecule has 5 N–H and O–H groups in total. The maximum absolute atomic E-state index is 13.6. The van der Waals surface area contributed by atoms with Gasteiger partial charge in [0.15, 0.2) is 9.84 Å². The van der Waals surface area contributed by atoms with Crippen LogP contribution in [0.2, 0.25) is 0 Å². The van der Waals surface area contributed by atoms with Crippen molar-refractivity contribution in [3.05, 3.63) is 36.4 Å².